The minimum atomic E-state index is -0.252. The Morgan fingerprint density at radius 3 is 2.47 bits per heavy atom. The van der Waals surface area contributed by atoms with Crippen LogP contribution < -0.4 is 10.2 Å². The lowest BCUT2D eigenvalue weighted by molar-refractivity contribution is 0.471. The maximum absolute atomic E-state index is 14.1. The lowest BCUT2D eigenvalue weighted by Gasteiger charge is -2.28. The molecule has 0 aliphatic carbocycles. The lowest BCUT2D eigenvalue weighted by Crippen LogP contribution is -2.29. The molecule has 0 unspecified atom stereocenters. The van der Waals surface area contributed by atoms with Crippen molar-refractivity contribution in [3.8, 4) is 11.4 Å². The van der Waals surface area contributed by atoms with Crippen molar-refractivity contribution in [1.82, 2.24) is 14.9 Å². The van der Waals surface area contributed by atoms with Crippen molar-refractivity contribution in [2.24, 2.45) is 0 Å². The summed E-state index contributed by atoms with van der Waals surface area (Å²) in [5, 5.41) is 14.5. The zero-order chi connectivity index (χ0) is 24.0. The SMILES string of the molecule is Cc1cc(N2C(=S)N[C@H](c3ccccn3)[C@H]2c2cc(C)n(-c3ccccc3O)c2C)ccc1F. The molecule has 2 aromatic heterocycles. The fourth-order valence-electron chi connectivity index (χ4n) is 4.84. The topological polar surface area (TPSA) is 53.3 Å². The van der Waals surface area contributed by atoms with Crippen LogP contribution in [0.15, 0.2) is 72.9 Å². The number of nitrogens with zero attached hydrogens (tertiary/aromatic N) is 3. The Bertz CT molecular complexity index is 1380. The minimum Gasteiger partial charge on any atom is -0.506 e. The molecule has 0 saturated carbocycles. The molecule has 34 heavy (non-hydrogen) atoms. The highest BCUT2D eigenvalue weighted by atomic mass is 32.1. The number of hydrogen-bond donors (Lipinski definition) is 2. The number of aryl methyl sites for hydroxylation is 2. The summed E-state index contributed by atoms with van der Waals surface area (Å²) in [6, 6.07) is 19.9. The highest BCUT2D eigenvalue weighted by molar-refractivity contribution is 7.80. The zero-order valence-electron chi connectivity index (χ0n) is 19.2. The van der Waals surface area contributed by atoms with Gasteiger partial charge in [0.1, 0.15) is 11.6 Å². The molecule has 0 amide bonds. The molecule has 1 aliphatic rings. The summed E-state index contributed by atoms with van der Waals surface area (Å²) < 4.78 is 16.1. The zero-order valence-corrected chi connectivity index (χ0v) is 20.0. The van der Waals surface area contributed by atoms with Crippen LogP contribution >= 0.6 is 12.2 Å². The predicted molar refractivity (Wildman–Crippen MR) is 136 cm³/mol. The molecule has 0 bridgehead atoms. The van der Waals surface area contributed by atoms with E-state index in [0.717, 1.165) is 34.0 Å². The number of halogens is 1. The van der Waals surface area contributed by atoms with Crippen LogP contribution in [0.2, 0.25) is 0 Å². The Kier molecular flexibility index (Phi) is 5.57. The van der Waals surface area contributed by atoms with Gasteiger partial charge in [-0.2, -0.15) is 0 Å². The minimum absolute atomic E-state index is 0.211. The molecule has 5 nitrogen and oxygen atoms in total. The quantitative estimate of drug-likeness (QED) is 0.367. The van der Waals surface area contributed by atoms with Crippen molar-refractivity contribution < 1.29 is 9.50 Å². The molecule has 4 aromatic rings. The van der Waals surface area contributed by atoms with E-state index in [-0.39, 0.29) is 23.7 Å². The number of rotatable bonds is 4. The van der Waals surface area contributed by atoms with E-state index in [9.17, 15) is 9.50 Å². The molecule has 5 rings (SSSR count). The normalized spacial score (nSPS) is 17.8. The summed E-state index contributed by atoms with van der Waals surface area (Å²) in [6.45, 7) is 5.81. The number of benzene rings is 2. The summed E-state index contributed by atoms with van der Waals surface area (Å²) in [4.78, 5) is 6.65. The van der Waals surface area contributed by atoms with Gasteiger partial charge in [-0.05, 0) is 92.6 Å². The standard InChI is InChI=1S/C27H25FN4OS/c1-16-14-19(11-12-21(16)28)32-26(25(30-27(32)34)22-8-6-7-13-29-22)20-15-17(2)31(18(20)3)23-9-4-5-10-24(23)33/h4-15,25-26,33H,1-3H3,(H,30,34)/t25-,26-/m1/s1. The summed E-state index contributed by atoms with van der Waals surface area (Å²) in [5.41, 5.74) is 5.97. The van der Waals surface area contributed by atoms with Gasteiger partial charge in [-0.3, -0.25) is 4.98 Å². The lowest BCUT2D eigenvalue weighted by atomic mass is 9.96. The van der Waals surface area contributed by atoms with Crippen molar-refractivity contribution in [3.63, 3.8) is 0 Å². The third-order valence-electron chi connectivity index (χ3n) is 6.43. The van der Waals surface area contributed by atoms with Gasteiger partial charge in [0.2, 0.25) is 0 Å². The van der Waals surface area contributed by atoms with Crippen LogP contribution in [0.5, 0.6) is 5.75 Å². The smallest absolute Gasteiger partial charge is 0.174 e. The van der Waals surface area contributed by atoms with Crippen LogP contribution in [-0.2, 0) is 0 Å². The van der Waals surface area contributed by atoms with Crippen molar-refractivity contribution in [2.75, 3.05) is 4.90 Å². The van der Waals surface area contributed by atoms with Gasteiger partial charge in [-0.1, -0.05) is 18.2 Å². The molecule has 7 heteroatoms. The summed E-state index contributed by atoms with van der Waals surface area (Å²) in [5.74, 6) is -0.0411. The van der Waals surface area contributed by atoms with Gasteiger partial charge in [-0.15, -0.1) is 0 Å². The molecule has 2 aromatic carbocycles. The Balaban J connectivity index is 1.70. The van der Waals surface area contributed by atoms with E-state index in [2.05, 4.69) is 20.9 Å². The number of phenolic OH excluding ortho intramolecular Hbond substituents is 1. The molecular formula is C27H25FN4OS. The molecule has 1 saturated heterocycles. The first-order valence-electron chi connectivity index (χ1n) is 11.1. The Hall–Kier alpha value is -3.71. The van der Waals surface area contributed by atoms with Crippen LogP contribution in [0.1, 0.15) is 40.3 Å². The van der Waals surface area contributed by atoms with Gasteiger partial charge in [0, 0.05) is 23.3 Å². The van der Waals surface area contributed by atoms with Crippen molar-refractivity contribution in [1.29, 1.82) is 0 Å². The molecular weight excluding hydrogens is 447 g/mol. The van der Waals surface area contributed by atoms with E-state index in [1.165, 1.54) is 6.07 Å². The Labute approximate surface area is 203 Å². The Morgan fingerprint density at radius 2 is 1.76 bits per heavy atom. The number of phenols is 1. The van der Waals surface area contributed by atoms with Crippen LogP contribution in [0.4, 0.5) is 10.1 Å². The van der Waals surface area contributed by atoms with Gasteiger partial charge >= 0.3 is 0 Å². The number of aromatic nitrogens is 2. The highest BCUT2D eigenvalue weighted by Gasteiger charge is 2.42. The van der Waals surface area contributed by atoms with E-state index < -0.39 is 0 Å². The summed E-state index contributed by atoms with van der Waals surface area (Å²) in [7, 11) is 0. The van der Waals surface area contributed by atoms with Gasteiger partial charge in [0.05, 0.1) is 23.5 Å². The third-order valence-corrected chi connectivity index (χ3v) is 6.74. The maximum Gasteiger partial charge on any atom is 0.174 e. The molecule has 172 valence electrons. The summed E-state index contributed by atoms with van der Waals surface area (Å²) in [6.07, 6.45) is 1.77. The van der Waals surface area contributed by atoms with Crippen LogP contribution in [0.3, 0.4) is 0 Å². The number of nitrogens with one attached hydrogen (secondary N) is 1. The number of anilines is 1. The molecule has 0 radical (unpaired) electrons. The number of thiocarbonyl (C=S) groups is 1. The fourth-order valence-corrected chi connectivity index (χ4v) is 5.18. The molecule has 1 fully saturated rings. The molecule has 0 spiro atoms. The van der Waals surface area contributed by atoms with E-state index in [4.69, 9.17) is 12.2 Å². The molecule has 3 heterocycles. The van der Waals surface area contributed by atoms with E-state index in [1.54, 1.807) is 25.3 Å². The first kappa shape index (κ1) is 22.1. The van der Waals surface area contributed by atoms with E-state index >= 15 is 0 Å². The first-order chi connectivity index (χ1) is 16.4. The predicted octanol–water partition coefficient (Wildman–Crippen LogP) is 5.82. The van der Waals surface area contributed by atoms with Crippen molar-refractivity contribution in [3.05, 3.63) is 107 Å². The molecule has 2 atom stereocenters. The second-order valence-electron chi connectivity index (χ2n) is 8.58. The Morgan fingerprint density at radius 1 is 1.00 bits per heavy atom. The van der Waals surface area contributed by atoms with Gasteiger partial charge in [0.15, 0.2) is 5.11 Å². The van der Waals surface area contributed by atoms with Crippen LogP contribution in [-0.4, -0.2) is 19.8 Å². The average molecular weight is 473 g/mol. The van der Waals surface area contributed by atoms with Crippen LogP contribution in [0.25, 0.3) is 5.69 Å². The second-order valence-corrected chi connectivity index (χ2v) is 8.97. The van der Waals surface area contributed by atoms with Crippen LogP contribution in [0, 0.1) is 26.6 Å². The average Bonchev–Trinajstić information content (AvgIpc) is 3.32. The van der Waals surface area contributed by atoms with E-state index in [0.29, 0.717) is 10.7 Å². The number of aromatic hydroxyl groups is 1. The number of hydrogen-bond acceptors (Lipinski definition) is 3. The number of pyridine rings is 1. The summed E-state index contributed by atoms with van der Waals surface area (Å²) >= 11 is 5.80. The highest BCUT2D eigenvalue weighted by Crippen LogP contribution is 2.44. The van der Waals surface area contributed by atoms with Gasteiger partial charge in [-0.25, -0.2) is 4.39 Å². The fraction of sp³-hybridized carbons (Fsp3) is 0.185. The van der Waals surface area contributed by atoms with Gasteiger partial charge in [0.25, 0.3) is 0 Å². The van der Waals surface area contributed by atoms with Gasteiger partial charge < -0.3 is 19.9 Å². The van der Waals surface area contributed by atoms with Crippen molar-refractivity contribution >= 4 is 23.0 Å². The first-order valence-corrected chi connectivity index (χ1v) is 11.5. The third kappa shape index (κ3) is 3.62. The largest absolute Gasteiger partial charge is 0.506 e. The van der Waals surface area contributed by atoms with Crippen molar-refractivity contribution in [2.45, 2.75) is 32.9 Å². The van der Waals surface area contributed by atoms with E-state index in [1.807, 2.05) is 61.2 Å². The monoisotopic (exact) mass is 472 g/mol. The number of para-hydroxylation sites is 2. The molecule has 1 aliphatic heterocycles. The molecule has 2 N–H and O–H groups in total. The maximum atomic E-state index is 14.1. The second kappa shape index (κ2) is 8.57.